The van der Waals surface area contributed by atoms with Crippen LogP contribution in [0.25, 0.3) is 0 Å². The molecule has 1 atom stereocenters. The maximum atomic E-state index is 6.25. The summed E-state index contributed by atoms with van der Waals surface area (Å²) in [6.45, 7) is 4.41. The van der Waals surface area contributed by atoms with Gasteiger partial charge in [-0.1, -0.05) is 31.0 Å². The molecular weight excluding hydrogens is 241 g/mol. The van der Waals surface area contributed by atoms with E-state index in [0.29, 0.717) is 11.9 Å². The van der Waals surface area contributed by atoms with E-state index >= 15 is 0 Å². The van der Waals surface area contributed by atoms with Gasteiger partial charge in [0, 0.05) is 19.0 Å². The molecule has 0 aliphatic rings. The molecule has 0 saturated heterocycles. The second-order valence-electron chi connectivity index (χ2n) is 4.17. The van der Waals surface area contributed by atoms with Gasteiger partial charge in [-0.25, -0.2) is 0 Å². The summed E-state index contributed by atoms with van der Waals surface area (Å²) in [6, 6.07) is 6.53. The van der Waals surface area contributed by atoms with Crippen molar-refractivity contribution in [3.63, 3.8) is 0 Å². The van der Waals surface area contributed by atoms with Crippen molar-refractivity contribution < 1.29 is 0 Å². The maximum absolute atomic E-state index is 6.25. The van der Waals surface area contributed by atoms with Crippen molar-refractivity contribution in [2.24, 2.45) is 0 Å². The molecule has 0 aromatic heterocycles. The average molecular weight is 260 g/mol. The maximum Gasteiger partial charge on any atom is 0.0642 e. The molecule has 0 radical (unpaired) electrons. The van der Waals surface area contributed by atoms with Gasteiger partial charge in [0.1, 0.15) is 0 Å². The number of hydrogen-bond donors (Lipinski definition) is 0. The molecule has 1 nitrogen and oxygen atoms in total. The lowest BCUT2D eigenvalue weighted by atomic mass is 10.1. The lowest BCUT2D eigenvalue weighted by molar-refractivity contribution is 0.616. The van der Waals surface area contributed by atoms with E-state index in [9.17, 15) is 0 Å². The normalized spacial score (nSPS) is 12.6. The molecule has 3 heteroatoms. The standard InChI is InChI=1S/C13H19Cl2N/c1-4-5-10(2)16(3)13-7-6-11(9-14)8-12(13)15/h6-8,10H,4-5,9H2,1-3H3. The van der Waals surface area contributed by atoms with E-state index in [-0.39, 0.29) is 0 Å². The van der Waals surface area contributed by atoms with Crippen LogP contribution in [0.4, 0.5) is 5.69 Å². The van der Waals surface area contributed by atoms with E-state index in [2.05, 4.69) is 25.8 Å². The van der Waals surface area contributed by atoms with Crippen LogP contribution < -0.4 is 4.90 Å². The Kier molecular flexibility index (Phi) is 5.43. The van der Waals surface area contributed by atoms with Crippen molar-refractivity contribution in [2.45, 2.75) is 38.6 Å². The number of hydrogen-bond acceptors (Lipinski definition) is 1. The second kappa shape index (κ2) is 6.36. The van der Waals surface area contributed by atoms with E-state index in [4.69, 9.17) is 23.2 Å². The van der Waals surface area contributed by atoms with Gasteiger partial charge in [-0.3, -0.25) is 0 Å². The zero-order valence-electron chi connectivity index (χ0n) is 10.1. The molecule has 90 valence electrons. The van der Waals surface area contributed by atoms with Gasteiger partial charge in [-0.15, -0.1) is 11.6 Å². The summed E-state index contributed by atoms with van der Waals surface area (Å²) in [4.78, 5) is 2.23. The van der Waals surface area contributed by atoms with Gasteiger partial charge in [-0.2, -0.15) is 0 Å². The monoisotopic (exact) mass is 259 g/mol. The van der Waals surface area contributed by atoms with E-state index in [1.165, 1.54) is 12.8 Å². The highest BCUT2D eigenvalue weighted by atomic mass is 35.5. The lowest BCUT2D eigenvalue weighted by Crippen LogP contribution is -2.28. The first-order valence-electron chi connectivity index (χ1n) is 5.67. The number of halogens is 2. The zero-order valence-corrected chi connectivity index (χ0v) is 11.6. The molecule has 0 fully saturated rings. The third-order valence-electron chi connectivity index (χ3n) is 2.91. The van der Waals surface area contributed by atoms with Crippen LogP contribution >= 0.6 is 23.2 Å². The molecule has 0 N–H and O–H groups in total. The van der Waals surface area contributed by atoms with E-state index < -0.39 is 0 Å². The minimum Gasteiger partial charge on any atom is -0.371 e. The highest BCUT2D eigenvalue weighted by molar-refractivity contribution is 6.33. The van der Waals surface area contributed by atoms with Crippen molar-refractivity contribution in [3.8, 4) is 0 Å². The molecule has 0 amide bonds. The first kappa shape index (κ1) is 13.7. The Balaban J connectivity index is 2.87. The summed E-state index contributed by atoms with van der Waals surface area (Å²) in [6.07, 6.45) is 2.35. The highest BCUT2D eigenvalue weighted by Gasteiger charge is 2.12. The molecule has 0 aliphatic heterocycles. The van der Waals surface area contributed by atoms with Crippen LogP contribution in [0.1, 0.15) is 32.3 Å². The zero-order chi connectivity index (χ0) is 12.1. The molecule has 1 aromatic rings. The van der Waals surface area contributed by atoms with Crippen LogP contribution in [0.2, 0.25) is 5.02 Å². The van der Waals surface area contributed by atoms with Gasteiger partial charge in [0.05, 0.1) is 10.7 Å². The summed E-state index contributed by atoms with van der Waals surface area (Å²) in [5.41, 5.74) is 2.14. The quantitative estimate of drug-likeness (QED) is 0.693. The van der Waals surface area contributed by atoms with Gasteiger partial charge >= 0.3 is 0 Å². The Hall–Kier alpha value is -0.400. The Morgan fingerprint density at radius 1 is 1.38 bits per heavy atom. The van der Waals surface area contributed by atoms with Gasteiger partial charge in [0.15, 0.2) is 0 Å². The summed E-state index contributed by atoms with van der Waals surface area (Å²) in [7, 11) is 2.09. The summed E-state index contributed by atoms with van der Waals surface area (Å²) in [5.74, 6) is 0.508. The van der Waals surface area contributed by atoms with Crippen LogP contribution in [-0.2, 0) is 5.88 Å². The number of benzene rings is 1. The third-order valence-corrected chi connectivity index (χ3v) is 3.53. The summed E-state index contributed by atoms with van der Waals surface area (Å²) >= 11 is 12.0. The lowest BCUT2D eigenvalue weighted by Gasteiger charge is -2.27. The van der Waals surface area contributed by atoms with Crippen molar-refractivity contribution >= 4 is 28.9 Å². The third kappa shape index (κ3) is 3.29. The molecule has 0 spiro atoms. The van der Waals surface area contributed by atoms with Crippen LogP contribution in [0.3, 0.4) is 0 Å². The first-order valence-corrected chi connectivity index (χ1v) is 6.58. The van der Waals surface area contributed by atoms with Crippen molar-refractivity contribution in [1.29, 1.82) is 0 Å². The molecule has 0 saturated carbocycles. The topological polar surface area (TPSA) is 3.24 Å². The molecular formula is C13H19Cl2N. The fourth-order valence-corrected chi connectivity index (χ4v) is 2.27. The molecule has 1 unspecified atom stereocenters. The predicted molar refractivity (Wildman–Crippen MR) is 73.8 cm³/mol. The molecule has 16 heavy (non-hydrogen) atoms. The highest BCUT2D eigenvalue weighted by Crippen LogP contribution is 2.28. The number of anilines is 1. The summed E-state index contributed by atoms with van der Waals surface area (Å²) in [5, 5.41) is 0.781. The van der Waals surface area contributed by atoms with Gasteiger partial charge in [0.25, 0.3) is 0 Å². The Bertz CT molecular complexity index is 339. The van der Waals surface area contributed by atoms with Gasteiger partial charge < -0.3 is 4.90 Å². The van der Waals surface area contributed by atoms with Crippen LogP contribution in [0.15, 0.2) is 18.2 Å². The molecule has 1 aromatic carbocycles. The Morgan fingerprint density at radius 3 is 2.56 bits per heavy atom. The van der Waals surface area contributed by atoms with Crippen LogP contribution in [0, 0.1) is 0 Å². The minimum atomic E-state index is 0.504. The van der Waals surface area contributed by atoms with E-state index in [1.54, 1.807) is 0 Å². The SMILES string of the molecule is CCCC(C)N(C)c1ccc(CCl)cc1Cl. The van der Waals surface area contributed by atoms with E-state index in [1.807, 2.05) is 18.2 Å². The van der Waals surface area contributed by atoms with Crippen molar-refractivity contribution in [2.75, 3.05) is 11.9 Å². The molecule has 0 bridgehead atoms. The average Bonchev–Trinajstić information content (AvgIpc) is 2.28. The number of nitrogens with zero attached hydrogens (tertiary/aromatic N) is 1. The van der Waals surface area contributed by atoms with Gasteiger partial charge in [0.2, 0.25) is 0 Å². The molecule has 1 rings (SSSR count). The second-order valence-corrected chi connectivity index (χ2v) is 4.84. The number of rotatable bonds is 5. The summed E-state index contributed by atoms with van der Waals surface area (Å²) < 4.78 is 0. The van der Waals surface area contributed by atoms with E-state index in [0.717, 1.165) is 16.3 Å². The largest absolute Gasteiger partial charge is 0.371 e. The smallest absolute Gasteiger partial charge is 0.0642 e. The Morgan fingerprint density at radius 2 is 2.06 bits per heavy atom. The number of alkyl halides is 1. The Labute approximate surface area is 108 Å². The fraction of sp³-hybridized carbons (Fsp3) is 0.538. The van der Waals surface area contributed by atoms with Gasteiger partial charge in [-0.05, 0) is 31.0 Å². The van der Waals surface area contributed by atoms with Crippen LogP contribution in [-0.4, -0.2) is 13.1 Å². The van der Waals surface area contributed by atoms with Crippen molar-refractivity contribution in [3.05, 3.63) is 28.8 Å². The molecule has 0 heterocycles. The predicted octanol–water partition coefficient (Wildman–Crippen LogP) is 4.70. The van der Waals surface area contributed by atoms with Crippen molar-refractivity contribution in [1.82, 2.24) is 0 Å². The van der Waals surface area contributed by atoms with Crippen LogP contribution in [0.5, 0.6) is 0 Å². The molecule has 0 aliphatic carbocycles. The minimum absolute atomic E-state index is 0.504. The fourth-order valence-electron chi connectivity index (χ4n) is 1.77. The first-order chi connectivity index (χ1) is 7.60.